The normalized spacial score (nSPS) is 11.4. The lowest BCUT2D eigenvalue weighted by atomic mass is 10.1. The van der Waals surface area contributed by atoms with Gasteiger partial charge in [0.15, 0.2) is 5.82 Å². The molecule has 1 aromatic heterocycles. The molecule has 0 radical (unpaired) electrons. The predicted molar refractivity (Wildman–Crippen MR) is 127 cm³/mol. The monoisotopic (exact) mass is 520 g/mol. The summed E-state index contributed by atoms with van der Waals surface area (Å²) >= 11 is 11.9. The van der Waals surface area contributed by atoms with E-state index in [0.717, 1.165) is 12.1 Å². The fourth-order valence-corrected chi connectivity index (χ4v) is 3.79. The summed E-state index contributed by atoms with van der Waals surface area (Å²) in [7, 11) is 0. The van der Waals surface area contributed by atoms with Crippen molar-refractivity contribution >= 4 is 34.8 Å². The Morgan fingerprint density at radius 1 is 1.03 bits per heavy atom. The van der Waals surface area contributed by atoms with Gasteiger partial charge in [-0.25, -0.2) is 4.68 Å². The van der Waals surface area contributed by atoms with Gasteiger partial charge in [0.1, 0.15) is 0 Å². The van der Waals surface area contributed by atoms with Gasteiger partial charge < -0.3 is 10.1 Å². The Balaban J connectivity index is 1.64. The first-order chi connectivity index (χ1) is 16.6. The van der Waals surface area contributed by atoms with Crippen molar-refractivity contribution in [3.05, 3.63) is 87.9 Å². The zero-order chi connectivity index (χ0) is 25.2. The molecule has 6 nitrogen and oxygen atoms in total. The van der Waals surface area contributed by atoms with E-state index in [-0.39, 0.29) is 29.6 Å². The number of rotatable bonds is 6. The van der Waals surface area contributed by atoms with Crippen LogP contribution >= 0.6 is 23.2 Å². The minimum atomic E-state index is -4.50. The molecule has 0 saturated heterocycles. The number of nitrogens with one attached hydrogen (secondary N) is 1. The first kappa shape index (κ1) is 24.6. The van der Waals surface area contributed by atoms with Crippen molar-refractivity contribution < 1.29 is 22.7 Å². The SMILES string of the molecule is CCOc1nc(-c2cccc(C(F)(F)F)c2)n(-c2ccc(NC(=O)c3cc(Cl)cc(Cl)c3)cc2)n1. The first-order valence-corrected chi connectivity index (χ1v) is 11.0. The Bertz CT molecular complexity index is 1350. The molecule has 0 aliphatic rings. The van der Waals surface area contributed by atoms with Crippen molar-refractivity contribution in [2.24, 2.45) is 0 Å². The molecule has 180 valence electrons. The highest BCUT2D eigenvalue weighted by Crippen LogP contribution is 2.33. The van der Waals surface area contributed by atoms with Gasteiger partial charge in [0.05, 0.1) is 17.9 Å². The van der Waals surface area contributed by atoms with Crippen LogP contribution < -0.4 is 10.1 Å². The summed E-state index contributed by atoms with van der Waals surface area (Å²) in [6, 6.07) is 15.8. The largest absolute Gasteiger partial charge is 0.463 e. The lowest BCUT2D eigenvalue weighted by molar-refractivity contribution is -0.137. The molecule has 0 saturated carbocycles. The van der Waals surface area contributed by atoms with E-state index in [9.17, 15) is 18.0 Å². The molecule has 1 N–H and O–H groups in total. The number of halogens is 5. The van der Waals surface area contributed by atoms with Gasteiger partial charge in [0.2, 0.25) is 0 Å². The Morgan fingerprint density at radius 2 is 1.71 bits per heavy atom. The Kier molecular flexibility index (Phi) is 7.00. The van der Waals surface area contributed by atoms with Gasteiger partial charge >= 0.3 is 12.2 Å². The lowest BCUT2D eigenvalue weighted by Gasteiger charge is -2.10. The highest BCUT2D eigenvalue weighted by molar-refractivity contribution is 6.35. The van der Waals surface area contributed by atoms with Crippen molar-refractivity contribution in [2.45, 2.75) is 13.1 Å². The summed E-state index contributed by atoms with van der Waals surface area (Å²) in [5.74, 6) is -0.240. The molecule has 0 aliphatic heterocycles. The van der Waals surface area contributed by atoms with Crippen molar-refractivity contribution in [2.75, 3.05) is 11.9 Å². The molecule has 3 aromatic carbocycles. The summed E-state index contributed by atoms with van der Waals surface area (Å²) in [5, 5.41) is 7.68. The molecule has 0 aliphatic carbocycles. The molecule has 1 amide bonds. The fraction of sp³-hybridized carbons (Fsp3) is 0.125. The molecule has 0 bridgehead atoms. The van der Waals surface area contributed by atoms with E-state index in [4.69, 9.17) is 27.9 Å². The van der Waals surface area contributed by atoms with Gasteiger partial charge in [0.25, 0.3) is 5.91 Å². The van der Waals surface area contributed by atoms with Crippen LogP contribution in [0.15, 0.2) is 66.7 Å². The highest BCUT2D eigenvalue weighted by atomic mass is 35.5. The van der Waals surface area contributed by atoms with E-state index in [1.807, 2.05) is 0 Å². The average molecular weight is 521 g/mol. The second-order valence-electron chi connectivity index (χ2n) is 7.30. The maximum absolute atomic E-state index is 13.2. The number of alkyl halides is 3. The minimum Gasteiger partial charge on any atom is -0.463 e. The molecule has 0 fully saturated rings. The van der Waals surface area contributed by atoms with Gasteiger partial charge in [-0.15, -0.1) is 5.10 Å². The molecule has 1 heterocycles. The molecule has 0 atom stereocenters. The van der Waals surface area contributed by atoms with Gasteiger partial charge in [-0.1, -0.05) is 35.3 Å². The van der Waals surface area contributed by atoms with E-state index in [1.165, 1.54) is 35.0 Å². The van der Waals surface area contributed by atoms with Crippen molar-refractivity contribution in [1.29, 1.82) is 0 Å². The number of amides is 1. The van der Waals surface area contributed by atoms with Crippen LogP contribution in [0.1, 0.15) is 22.8 Å². The Hall–Kier alpha value is -3.56. The van der Waals surface area contributed by atoms with E-state index in [1.54, 1.807) is 31.2 Å². The third kappa shape index (κ3) is 5.75. The second kappa shape index (κ2) is 9.97. The van der Waals surface area contributed by atoms with Gasteiger partial charge in [-0.3, -0.25) is 4.79 Å². The Labute approximate surface area is 208 Å². The molecular weight excluding hydrogens is 504 g/mol. The highest BCUT2D eigenvalue weighted by Gasteiger charge is 2.31. The van der Waals surface area contributed by atoms with Crippen LogP contribution in [0.4, 0.5) is 18.9 Å². The molecule has 11 heteroatoms. The Morgan fingerprint density at radius 3 is 2.34 bits per heavy atom. The van der Waals surface area contributed by atoms with Gasteiger partial charge in [-0.2, -0.15) is 18.2 Å². The number of hydrogen-bond donors (Lipinski definition) is 1. The van der Waals surface area contributed by atoms with Gasteiger partial charge in [-0.05, 0) is 61.5 Å². The number of aromatic nitrogens is 3. The number of carbonyl (C=O) groups is 1. The number of carbonyl (C=O) groups excluding carboxylic acids is 1. The van der Waals surface area contributed by atoms with Crippen LogP contribution in [0.25, 0.3) is 17.1 Å². The van der Waals surface area contributed by atoms with Gasteiger partial charge in [0, 0.05) is 26.9 Å². The summed E-state index contributed by atoms with van der Waals surface area (Å²) in [4.78, 5) is 16.8. The van der Waals surface area contributed by atoms with E-state index >= 15 is 0 Å². The van der Waals surface area contributed by atoms with Crippen LogP contribution in [0.5, 0.6) is 6.01 Å². The summed E-state index contributed by atoms with van der Waals surface area (Å²) < 4.78 is 46.4. The third-order valence-electron chi connectivity index (χ3n) is 4.80. The number of nitrogens with zero attached hydrogens (tertiary/aromatic N) is 3. The van der Waals surface area contributed by atoms with E-state index in [2.05, 4.69) is 15.4 Å². The predicted octanol–water partition coefficient (Wildman–Crippen LogP) is 6.91. The van der Waals surface area contributed by atoms with E-state index < -0.39 is 17.6 Å². The minimum absolute atomic E-state index is 0.0233. The lowest BCUT2D eigenvalue weighted by Crippen LogP contribution is -2.12. The standard InChI is InChI=1S/C24H17Cl2F3N4O2/c1-2-35-23-31-21(14-4-3-5-16(10-14)24(27,28)29)33(32-23)20-8-6-19(7-9-20)30-22(34)15-11-17(25)13-18(26)12-15/h3-13H,2H2,1H3,(H,30,34). The molecule has 4 rings (SSSR count). The second-order valence-corrected chi connectivity index (χ2v) is 8.17. The van der Waals surface area contributed by atoms with Crippen LogP contribution in [-0.2, 0) is 6.18 Å². The summed E-state index contributed by atoms with van der Waals surface area (Å²) in [6.07, 6.45) is -4.50. The number of benzene rings is 3. The number of ether oxygens (including phenoxy) is 1. The zero-order valence-corrected chi connectivity index (χ0v) is 19.6. The average Bonchev–Trinajstić information content (AvgIpc) is 3.23. The number of anilines is 1. The fourth-order valence-electron chi connectivity index (χ4n) is 3.26. The zero-order valence-electron chi connectivity index (χ0n) is 18.1. The quantitative estimate of drug-likeness (QED) is 0.300. The maximum atomic E-state index is 13.2. The van der Waals surface area contributed by atoms with Crippen molar-refractivity contribution in [1.82, 2.24) is 14.8 Å². The molecular formula is C24H17Cl2F3N4O2. The summed E-state index contributed by atoms with van der Waals surface area (Å²) in [6.45, 7) is 2.03. The van der Waals surface area contributed by atoms with Crippen LogP contribution in [0, 0.1) is 0 Å². The summed E-state index contributed by atoms with van der Waals surface area (Å²) in [5.41, 5.74) is 0.673. The molecule has 4 aromatic rings. The van der Waals surface area contributed by atoms with E-state index in [0.29, 0.717) is 21.4 Å². The topological polar surface area (TPSA) is 69.0 Å². The smallest absolute Gasteiger partial charge is 0.416 e. The van der Waals surface area contributed by atoms with Crippen LogP contribution in [-0.4, -0.2) is 27.3 Å². The van der Waals surface area contributed by atoms with Crippen LogP contribution in [0.2, 0.25) is 10.0 Å². The molecule has 0 unspecified atom stereocenters. The van der Waals surface area contributed by atoms with Crippen molar-refractivity contribution in [3.8, 4) is 23.1 Å². The van der Waals surface area contributed by atoms with Crippen molar-refractivity contribution in [3.63, 3.8) is 0 Å². The molecule has 35 heavy (non-hydrogen) atoms. The molecule has 0 spiro atoms. The maximum Gasteiger partial charge on any atom is 0.416 e. The number of hydrogen-bond acceptors (Lipinski definition) is 4. The third-order valence-corrected chi connectivity index (χ3v) is 5.24. The van der Waals surface area contributed by atoms with Crippen LogP contribution in [0.3, 0.4) is 0 Å². The first-order valence-electron chi connectivity index (χ1n) is 10.3.